The van der Waals surface area contributed by atoms with Gasteiger partial charge in [-0.15, -0.1) is 0 Å². The van der Waals surface area contributed by atoms with E-state index in [1.54, 1.807) is 0 Å². The molecule has 0 aliphatic heterocycles. The van der Waals surface area contributed by atoms with E-state index in [9.17, 15) is 4.57 Å². The van der Waals surface area contributed by atoms with Crippen molar-refractivity contribution in [3.63, 3.8) is 0 Å². The van der Waals surface area contributed by atoms with Crippen LogP contribution in [0.15, 0.2) is 18.2 Å². The fraction of sp³-hybridized carbons (Fsp3) is 0. The number of hydrogen-bond acceptors (Lipinski definition) is 4. The smallest absolute Gasteiger partial charge is 0.508 e. The van der Waals surface area contributed by atoms with Crippen LogP contribution in [0.2, 0.25) is 0 Å². The first-order chi connectivity index (χ1) is 5.87. The fourth-order valence-corrected chi connectivity index (χ4v) is 1.14. The Morgan fingerprint density at radius 2 is 1.54 bits per heavy atom. The molecule has 4 N–H and O–H groups in total. The van der Waals surface area contributed by atoms with Gasteiger partial charge in [-0.1, -0.05) is 0 Å². The first-order valence-electron chi connectivity index (χ1n) is 3.15. The molecule has 0 heterocycles. The molecule has 0 atom stereocenters. The van der Waals surface area contributed by atoms with Crippen LogP contribution in [0.1, 0.15) is 0 Å². The minimum Gasteiger partial charge on any atom is -0.508 e. The van der Waals surface area contributed by atoms with Crippen LogP contribution in [0.4, 0.5) is 0 Å². The SMILES string of the molecule is O=P(O)(O)Oc1cc(O)cc(O)c1. The third kappa shape index (κ3) is 3.33. The molecule has 13 heavy (non-hydrogen) atoms. The molecule has 0 saturated carbocycles. The third-order valence-electron chi connectivity index (χ3n) is 1.10. The van der Waals surface area contributed by atoms with Crippen molar-refractivity contribution in [2.45, 2.75) is 0 Å². The van der Waals surface area contributed by atoms with Crippen LogP contribution in [0.3, 0.4) is 0 Å². The van der Waals surface area contributed by atoms with E-state index >= 15 is 0 Å². The van der Waals surface area contributed by atoms with Gasteiger partial charge in [-0.25, -0.2) is 4.57 Å². The van der Waals surface area contributed by atoms with Crippen LogP contribution >= 0.6 is 7.82 Å². The van der Waals surface area contributed by atoms with Crippen molar-refractivity contribution in [1.29, 1.82) is 0 Å². The van der Waals surface area contributed by atoms with Crippen molar-refractivity contribution in [2.24, 2.45) is 0 Å². The van der Waals surface area contributed by atoms with Crippen LogP contribution in [0.25, 0.3) is 0 Å². The summed E-state index contributed by atoms with van der Waals surface area (Å²) in [6, 6.07) is 2.95. The molecule has 72 valence electrons. The summed E-state index contributed by atoms with van der Waals surface area (Å²) < 4.78 is 14.4. The first-order valence-corrected chi connectivity index (χ1v) is 4.68. The van der Waals surface area contributed by atoms with Crippen molar-refractivity contribution in [3.8, 4) is 17.2 Å². The van der Waals surface area contributed by atoms with E-state index in [1.807, 2.05) is 0 Å². The molecule has 0 unspecified atom stereocenters. The van der Waals surface area contributed by atoms with Crippen molar-refractivity contribution in [3.05, 3.63) is 18.2 Å². The maximum Gasteiger partial charge on any atom is 0.524 e. The van der Waals surface area contributed by atoms with Crippen LogP contribution in [-0.4, -0.2) is 20.0 Å². The van der Waals surface area contributed by atoms with E-state index in [2.05, 4.69) is 4.52 Å². The second kappa shape index (κ2) is 3.26. The van der Waals surface area contributed by atoms with Crippen LogP contribution in [0.5, 0.6) is 17.2 Å². The molecule has 1 rings (SSSR count). The van der Waals surface area contributed by atoms with Crippen molar-refractivity contribution < 1.29 is 29.1 Å². The molecule has 0 amide bonds. The molecule has 0 bridgehead atoms. The summed E-state index contributed by atoms with van der Waals surface area (Å²) in [4.78, 5) is 16.8. The maximum absolute atomic E-state index is 10.3. The molecule has 6 nitrogen and oxygen atoms in total. The number of benzene rings is 1. The van der Waals surface area contributed by atoms with Crippen LogP contribution < -0.4 is 4.52 Å². The summed E-state index contributed by atoms with van der Waals surface area (Å²) in [6.07, 6.45) is 0. The number of hydrogen-bond donors (Lipinski definition) is 4. The van der Waals surface area contributed by atoms with E-state index in [-0.39, 0.29) is 17.2 Å². The van der Waals surface area contributed by atoms with Gasteiger partial charge >= 0.3 is 7.82 Å². The Labute approximate surface area is 73.3 Å². The zero-order chi connectivity index (χ0) is 10.1. The molecular weight excluding hydrogens is 199 g/mol. The first kappa shape index (κ1) is 9.85. The summed E-state index contributed by atoms with van der Waals surface area (Å²) in [7, 11) is -4.65. The Morgan fingerprint density at radius 1 is 1.08 bits per heavy atom. The van der Waals surface area contributed by atoms with Crippen molar-refractivity contribution >= 4 is 7.82 Å². The third-order valence-corrected chi connectivity index (χ3v) is 1.55. The lowest BCUT2D eigenvalue weighted by Gasteiger charge is -2.06. The lowest BCUT2D eigenvalue weighted by atomic mass is 10.3. The Hall–Kier alpha value is -1.23. The van der Waals surface area contributed by atoms with Gasteiger partial charge in [-0.2, -0.15) is 0 Å². The van der Waals surface area contributed by atoms with E-state index in [0.717, 1.165) is 18.2 Å². The normalized spacial score (nSPS) is 11.2. The van der Waals surface area contributed by atoms with Crippen LogP contribution in [0, 0.1) is 0 Å². The minimum atomic E-state index is -4.65. The highest BCUT2D eigenvalue weighted by Gasteiger charge is 2.16. The Bertz CT molecular complexity index is 336. The monoisotopic (exact) mass is 206 g/mol. The lowest BCUT2D eigenvalue weighted by Crippen LogP contribution is -1.89. The summed E-state index contributed by atoms with van der Waals surface area (Å²) >= 11 is 0. The Kier molecular flexibility index (Phi) is 2.47. The van der Waals surface area contributed by atoms with Crippen LogP contribution in [-0.2, 0) is 4.57 Å². The number of phenolic OH excluding ortho intramolecular Hbond substituents is 2. The number of phosphoric acid groups is 1. The predicted molar refractivity (Wildman–Crippen MR) is 42.4 cm³/mol. The highest BCUT2D eigenvalue weighted by atomic mass is 31.2. The highest BCUT2D eigenvalue weighted by Crippen LogP contribution is 2.39. The van der Waals surface area contributed by atoms with Gasteiger partial charge in [-0.05, 0) is 0 Å². The Balaban J connectivity index is 2.96. The zero-order valence-electron chi connectivity index (χ0n) is 6.28. The van der Waals surface area contributed by atoms with E-state index in [4.69, 9.17) is 20.0 Å². The summed E-state index contributed by atoms with van der Waals surface area (Å²) in [5.74, 6) is -0.988. The standard InChI is InChI=1S/C6H7O6P/c7-4-1-5(8)3-6(2-4)12-13(9,10)11/h1-3,7-8H,(H2,9,10,11). The van der Waals surface area contributed by atoms with E-state index < -0.39 is 7.82 Å². The minimum absolute atomic E-state index is 0.300. The largest absolute Gasteiger partial charge is 0.524 e. The van der Waals surface area contributed by atoms with Gasteiger partial charge < -0.3 is 14.7 Å². The van der Waals surface area contributed by atoms with Gasteiger partial charge in [0.05, 0.1) is 0 Å². The van der Waals surface area contributed by atoms with Crippen molar-refractivity contribution in [1.82, 2.24) is 0 Å². The molecule has 1 aromatic rings. The van der Waals surface area contributed by atoms with E-state index in [0.29, 0.717) is 0 Å². The molecule has 0 aliphatic carbocycles. The van der Waals surface area contributed by atoms with Gasteiger partial charge in [0.15, 0.2) is 0 Å². The van der Waals surface area contributed by atoms with Gasteiger partial charge in [0, 0.05) is 18.2 Å². The zero-order valence-corrected chi connectivity index (χ0v) is 7.18. The molecule has 0 spiro atoms. The van der Waals surface area contributed by atoms with Crippen molar-refractivity contribution in [2.75, 3.05) is 0 Å². The van der Waals surface area contributed by atoms with Gasteiger partial charge in [0.25, 0.3) is 0 Å². The molecule has 1 aromatic carbocycles. The second-order valence-corrected chi connectivity index (χ2v) is 3.43. The average molecular weight is 206 g/mol. The topological polar surface area (TPSA) is 107 Å². The summed E-state index contributed by atoms with van der Waals surface area (Å²) in [6.45, 7) is 0. The molecule has 7 heteroatoms. The van der Waals surface area contributed by atoms with Gasteiger partial charge in [-0.3, -0.25) is 9.79 Å². The number of rotatable bonds is 2. The lowest BCUT2D eigenvalue weighted by molar-refractivity contribution is 0.282. The molecule has 0 radical (unpaired) electrons. The Morgan fingerprint density at radius 3 is 1.92 bits per heavy atom. The summed E-state index contributed by atoms with van der Waals surface area (Å²) in [5.41, 5.74) is 0. The predicted octanol–water partition coefficient (Wildman–Crippen LogP) is 0.569. The quantitative estimate of drug-likeness (QED) is 0.527. The highest BCUT2D eigenvalue weighted by molar-refractivity contribution is 7.46. The van der Waals surface area contributed by atoms with Gasteiger partial charge in [0.1, 0.15) is 17.2 Å². The maximum atomic E-state index is 10.3. The molecule has 0 aliphatic rings. The number of aromatic hydroxyl groups is 2. The molecule has 0 saturated heterocycles. The number of phenols is 2. The molecule has 0 fully saturated rings. The number of phosphoric ester groups is 1. The van der Waals surface area contributed by atoms with Gasteiger partial charge in [0.2, 0.25) is 0 Å². The average Bonchev–Trinajstić information content (AvgIpc) is 1.78. The van der Waals surface area contributed by atoms with E-state index in [1.165, 1.54) is 0 Å². The second-order valence-electron chi connectivity index (χ2n) is 2.27. The fourth-order valence-electron chi connectivity index (χ4n) is 0.758. The molecule has 0 aromatic heterocycles. The summed E-state index contributed by atoms with van der Waals surface area (Å²) in [5, 5.41) is 17.8. The molecular formula is C6H7O6P.